The van der Waals surface area contributed by atoms with Crippen LogP contribution in [0.4, 0.5) is 0 Å². The summed E-state index contributed by atoms with van der Waals surface area (Å²) in [5.74, 6) is 0. The number of fused-ring (bicyclic) bond motifs is 1. The van der Waals surface area contributed by atoms with E-state index in [0.717, 1.165) is 29.7 Å². The summed E-state index contributed by atoms with van der Waals surface area (Å²) in [7, 11) is 0.121. The predicted octanol–water partition coefficient (Wildman–Crippen LogP) is -0.337. The van der Waals surface area contributed by atoms with E-state index in [4.69, 9.17) is 14.9 Å². The molecule has 0 unspecified atom stereocenters. The van der Waals surface area contributed by atoms with Crippen LogP contribution in [0.2, 0.25) is 0 Å². The van der Waals surface area contributed by atoms with Gasteiger partial charge in [0.25, 0.3) is 0 Å². The van der Waals surface area contributed by atoms with Crippen molar-refractivity contribution >= 4 is 18.3 Å². The van der Waals surface area contributed by atoms with Gasteiger partial charge in [0, 0.05) is 5.56 Å². The van der Waals surface area contributed by atoms with Crippen LogP contribution < -0.4 is 5.46 Å². The van der Waals surface area contributed by atoms with Gasteiger partial charge in [-0.1, -0.05) is 23.4 Å². The number of aryl methyl sites for hydroxylation is 1. The first-order valence-corrected chi connectivity index (χ1v) is 4.81. The van der Waals surface area contributed by atoms with Crippen molar-refractivity contribution in [3.8, 4) is 0 Å². The number of benzene rings is 1. The Balaban J connectivity index is 2.38. The molecule has 4 nitrogen and oxygen atoms in total. The highest BCUT2D eigenvalue weighted by Crippen LogP contribution is 2.21. The van der Waals surface area contributed by atoms with Crippen molar-refractivity contribution in [2.45, 2.75) is 12.8 Å². The predicted molar refractivity (Wildman–Crippen MR) is 58.1 cm³/mol. The molecule has 0 aliphatic heterocycles. The molecule has 15 heavy (non-hydrogen) atoms. The molecule has 0 heterocycles. The lowest BCUT2D eigenvalue weighted by molar-refractivity contribution is 0.213. The van der Waals surface area contributed by atoms with Gasteiger partial charge in [0.2, 0.25) is 0 Å². The summed E-state index contributed by atoms with van der Waals surface area (Å²) in [6.07, 6.45) is 1.71. The van der Waals surface area contributed by atoms with Gasteiger partial charge in [0.15, 0.2) is 0 Å². The van der Waals surface area contributed by atoms with Crippen molar-refractivity contribution in [1.82, 2.24) is 0 Å². The third-order valence-corrected chi connectivity index (χ3v) is 2.57. The molecule has 0 radical (unpaired) electrons. The van der Waals surface area contributed by atoms with E-state index >= 15 is 0 Å². The smallest absolute Gasteiger partial charge is 0.423 e. The van der Waals surface area contributed by atoms with Crippen molar-refractivity contribution < 1.29 is 14.9 Å². The van der Waals surface area contributed by atoms with Crippen LogP contribution >= 0.6 is 0 Å². The lowest BCUT2D eigenvalue weighted by atomic mass is 9.79. The zero-order valence-corrected chi connectivity index (χ0v) is 8.47. The second-order valence-electron chi connectivity index (χ2n) is 3.51. The van der Waals surface area contributed by atoms with Gasteiger partial charge in [0.05, 0.1) is 5.71 Å². The molecule has 1 aliphatic rings. The second kappa shape index (κ2) is 4.04. The normalized spacial score (nSPS) is 16.6. The van der Waals surface area contributed by atoms with Gasteiger partial charge in [-0.25, -0.2) is 0 Å². The molecule has 0 fully saturated rings. The highest BCUT2D eigenvalue weighted by Gasteiger charge is 2.21. The Morgan fingerprint density at radius 1 is 1.33 bits per heavy atom. The Bertz CT molecular complexity index is 404. The van der Waals surface area contributed by atoms with E-state index in [-0.39, 0.29) is 0 Å². The lowest BCUT2D eigenvalue weighted by Crippen LogP contribution is -2.30. The molecular formula is C10H12BNO3. The molecule has 2 rings (SSSR count). The summed E-state index contributed by atoms with van der Waals surface area (Å²) in [4.78, 5) is 4.75. The minimum absolute atomic E-state index is 0.521. The molecular weight excluding hydrogens is 193 g/mol. The lowest BCUT2D eigenvalue weighted by Gasteiger charge is -2.03. The molecule has 0 amide bonds. The average Bonchev–Trinajstić information content (AvgIpc) is 2.61. The van der Waals surface area contributed by atoms with Gasteiger partial charge in [-0.05, 0) is 23.9 Å². The first-order valence-electron chi connectivity index (χ1n) is 4.81. The zero-order valence-electron chi connectivity index (χ0n) is 8.47. The second-order valence-corrected chi connectivity index (χ2v) is 3.51. The minimum atomic E-state index is -1.40. The summed E-state index contributed by atoms with van der Waals surface area (Å²) in [5.41, 5.74) is 3.58. The zero-order chi connectivity index (χ0) is 10.8. The Labute approximate surface area is 88.3 Å². The number of rotatable bonds is 2. The molecule has 0 bridgehead atoms. The highest BCUT2D eigenvalue weighted by atomic mass is 16.6. The monoisotopic (exact) mass is 205 g/mol. The average molecular weight is 205 g/mol. The first-order chi connectivity index (χ1) is 7.22. The topological polar surface area (TPSA) is 62.0 Å². The van der Waals surface area contributed by atoms with Crippen LogP contribution in [-0.2, 0) is 11.3 Å². The first kappa shape index (κ1) is 10.2. The molecule has 1 aromatic rings. The number of oxime groups is 1. The summed E-state index contributed by atoms with van der Waals surface area (Å²) < 4.78 is 0. The maximum absolute atomic E-state index is 9.02. The fourth-order valence-electron chi connectivity index (χ4n) is 1.86. The number of hydrogen-bond donors (Lipinski definition) is 2. The van der Waals surface area contributed by atoms with Crippen molar-refractivity contribution in [3.05, 3.63) is 29.3 Å². The van der Waals surface area contributed by atoms with Crippen LogP contribution in [0, 0.1) is 0 Å². The third-order valence-electron chi connectivity index (χ3n) is 2.57. The van der Waals surface area contributed by atoms with E-state index in [1.807, 2.05) is 6.07 Å². The third kappa shape index (κ3) is 1.89. The summed E-state index contributed by atoms with van der Waals surface area (Å²) >= 11 is 0. The van der Waals surface area contributed by atoms with Crippen LogP contribution in [0.5, 0.6) is 0 Å². The van der Waals surface area contributed by atoms with Gasteiger partial charge in [-0.3, -0.25) is 0 Å². The van der Waals surface area contributed by atoms with E-state index in [1.165, 1.54) is 7.11 Å². The number of nitrogens with zero attached hydrogens (tertiary/aromatic N) is 1. The van der Waals surface area contributed by atoms with Crippen LogP contribution in [0.1, 0.15) is 17.5 Å². The van der Waals surface area contributed by atoms with E-state index in [0.29, 0.717) is 5.46 Å². The maximum atomic E-state index is 9.02. The molecule has 5 heteroatoms. The van der Waals surface area contributed by atoms with E-state index in [9.17, 15) is 0 Å². The van der Waals surface area contributed by atoms with Crippen molar-refractivity contribution in [1.29, 1.82) is 0 Å². The molecule has 2 N–H and O–H groups in total. The Morgan fingerprint density at radius 2 is 2.13 bits per heavy atom. The van der Waals surface area contributed by atoms with E-state index in [2.05, 4.69) is 5.16 Å². The van der Waals surface area contributed by atoms with E-state index < -0.39 is 7.12 Å². The van der Waals surface area contributed by atoms with Crippen LogP contribution in [-0.4, -0.2) is 30.0 Å². The molecule has 78 valence electrons. The van der Waals surface area contributed by atoms with Gasteiger partial charge in [-0.15, -0.1) is 0 Å². The fourth-order valence-corrected chi connectivity index (χ4v) is 1.86. The molecule has 0 spiro atoms. The molecule has 1 aromatic carbocycles. The molecule has 1 aliphatic carbocycles. The fraction of sp³-hybridized carbons (Fsp3) is 0.300. The van der Waals surface area contributed by atoms with Gasteiger partial charge < -0.3 is 14.9 Å². The van der Waals surface area contributed by atoms with Crippen LogP contribution in [0.15, 0.2) is 23.4 Å². The highest BCUT2D eigenvalue weighted by molar-refractivity contribution is 6.58. The SMILES string of the molecule is CO/N=C1\CCc2cc(B(O)O)ccc21. The van der Waals surface area contributed by atoms with Gasteiger partial charge in [-0.2, -0.15) is 0 Å². The van der Waals surface area contributed by atoms with Crippen molar-refractivity contribution in [2.24, 2.45) is 5.16 Å². The van der Waals surface area contributed by atoms with Crippen LogP contribution in [0.25, 0.3) is 0 Å². The number of hydrogen-bond acceptors (Lipinski definition) is 4. The molecule has 0 saturated heterocycles. The van der Waals surface area contributed by atoms with E-state index in [1.54, 1.807) is 12.1 Å². The molecule has 0 aromatic heterocycles. The minimum Gasteiger partial charge on any atom is -0.423 e. The Kier molecular flexibility index (Phi) is 2.75. The van der Waals surface area contributed by atoms with Crippen molar-refractivity contribution in [2.75, 3.05) is 7.11 Å². The Morgan fingerprint density at radius 3 is 2.80 bits per heavy atom. The largest absolute Gasteiger partial charge is 0.488 e. The van der Waals surface area contributed by atoms with Gasteiger partial charge in [0.1, 0.15) is 7.11 Å². The standard InChI is InChI=1S/C10H12BNO3/c1-15-12-10-5-2-7-6-8(11(13)14)3-4-9(7)10/h3-4,6,13-14H,2,5H2,1H3/b12-10+. The maximum Gasteiger partial charge on any atom is 0.488 e. The van der Waals surface area contributed by atoms with Crippen LogP contribution in [0.3, 0.4) is 0 Å². The Hall–Kier alpha value is -1.33. The molecule has 0 atom stereocenters. The summed E-state index contributed by atoms with van der Waals surface area (Å²) in [6.45, 7) is 0. The van der Waals surface area contributed by atoms with Gasteiger partial charge >= 0.3 is 7.12 Å². The summed E-state index contributed by atoms with van der Waals surface area (Å²) in [6, 6.07) is 5.35. The quantitative estimate of drug-likeness (QED) is 0.513. The molecule has 0 saturated carbocycles. The van der Waals surface area contributed by atoms with Crippen molar-refractivity contribution in [3.63, 3.8) is 0 Å². The summed E-state index contributed by atoms with van der Waals surface area (Å²) in [5, 5.41) is 22.0.